The van der Waals surface area contributed by atoms with E-state index in [9.17, 15) is 4.39 Å². The van der Waals surface area contributed by atoms with Crippen LogP contribution in [0.3, 0.4) is 0 Å². The lowest BCUT2D eigenvalue weighted by molar-refractivity contribution is 0.625. The third kappa shape index (κ3) is 1.45. The molecule has 0 bridgehead atoms. The summed E-state index contributed by atoms with van der Waals surface area (Å²) in [5, 5.41) is 7.05. The topological polar surface area (TPSA) is 23.9 Å². The molecule has 1 nitrogen and oxygen atoms in total. The maximum Gasteiger partial charge on any atom is 0.123 e. The van der Waals surface area contributed by atoms with Crippen molar-refractivity contribution in [2.45, 2.75) is 13.8 Å². The van der Waals surface area contributed by atoms with Gasteiger partial charge in [-0.05, 0) is 42.7 Å². The molecule has 0 spiro atoms. The molecule has 1 aromatic carbocycles. The second-order valence-corrected chi connectivity index (χ2v) is 2.60. The fourth-order valence-electron chi connectivity index (χ4n) is 1.15. The van der Waals surface area contributed by atoms with E-state index in [0.29, 0.717) is 0 Å². The summed E-state index contributed by atoms with van der Waals surface area (Å²) in [6.45, 7) is 3.60. The van der Waals surface area contributed by atoms with Crippen LogP contribution in [0.25, 0.3) is 0 Å². The van der Waals surface area contributed by atoms with Crippen LogP contribution in [-0.4, -0.2) is 6.21 Å². The first-order chi connectivity index (χ1) is 5.15. The van der Waals surface area contributed by atoms with Gasteiger partial charge in [0, 0.05) is 6.21 Å². The van der Waals surface area contributed by atoms with Crippen molar-refractivity contribution in [1.82, 2.24) is 0 Å². The summed E-state index contributed by atoms with van der Waals surface area (Å²) in [5.74, 6) is -0.231. The van der Waals surface area contributed by atoms with Crippen molar-refractivity contribution in [2.24, 2.45) is 0 Å². The average Bonchev–Trinajstić information content (AvgIpc) is 1.85. The highest BCUT2D eigenvalue weighted by molar-refractivity contribution is 5.81. The highest BCUT2D eigenvalue weighted by Crippen LogP contribution is 2.12. The molecule has 0 amide bonds. The van der Waals surface area contributed by atoms with Crippen LogP contribution in [0.1, 0.15) is 16.7 Å². The second-order valence-electron chi connectivity index (χ2n) is 2.60. The summed E-state index contributed by atoms with van der Waals surface area (Å²) in [6, 6.07) is 2.88. The lowest BCUT2D eigenvalue weighted by Gasteiger charge is -2.03. The van der Waals surface area contributed by atoms with Crippen molar-refractivity contribution in [1.29, 1.82) is 5.41 Å². The van der Waals surface area contributed by atoms with Gasteiger partial charge in [-0.25, -0.2) is 4.39 Å². The van der Waals surface area contributed by atoms with E-state index in [1.54, 1.807) is 13.8 Å². The van der Waals surface area contributed by atoms with E-state index in [-0.39, 0.29) is 5.82 Å². The average molecular weight is 151 g/mol. The van der Waals surface area contributed by atoms with Gasteiger partial charge >= 0.3 is 0 Å². The van der Waals surface area contributed by atoms with E-state index in [1.165, 1.54) is 18.3 Å². The highest BCUT2D eigenvalue weighted by atomic mass is 19.1. The number of hydrogen-bond acceptors (Lipinski definition) is 1. The second kappa shape index (κ2) is 2.82. The van der Waals surface area contributed by atoms with Crippen LogP contribution in [-0.2, 0) is 0 Å². The van der Waals surface area contributed by atoms with Crippen molar-refractivity contribution in [3.8, 4) is 0 Å². The van der Waals surface area contributed by atoms with Gasteiger partial charge in [-0.1, -0.05) is 0 Å². The predicted molar refractivity (Wildman–Crippen MR) is 43.8 cm³/mol. The van der Waals surface area contributed by atoms with E-state index in [4.69, 9.17) is 5.41 Å². The Morgan fingerprint density at radius 2 is 1.73 bits per heavy atom. The van der Waals surface area contributed by atoms with Gasteiger partial charge in [0.25, 0.3) is 0 Å². The Labute approximate surface area is 65.4 Å². The monoisotopic (exact) mass is 151 g/mol. The SMILES string of the molecule is Cc1cc(F)cc(C)c1C=N. The smallest absolute Gasteiger partial charge is 0.123 e. The first-order valence-corrected chi connectivity index (χ1v) is 3.42. The summed E-state index contributed by atoms with van der Waals surface area (Å²) < 4.78 is 12.7. The van der Waals surface area contributed by atoms with Crippen LogP contribution in [0.5, 0.6) is 0 Å². The molecule has 0 fully saturated rings. The number of hydrogen-bond donors (Lipinski definition) is 1. The molecule has 0 aliphatic rings. The Hall–Kier alpha value is -1.18. The molecule has 0 saturated carbocycles. The van der Waals surface area contributed by atoms with Gasteiger partial charge < -0.3 is 5.41 Å². The fraction of sp³-hybridized carbons (Fsp3) is 0.222. The number of aryl methyl sites for hydroxylation is 2. The molecule has 0 unspecified atom stereocenters. The molecule has 1 aromatic rings. The number of rotatable bonds is 1. The Morgan fingerprint density at radius 1 is 1.27 bits per heavy atom. The van der Waals surface area contributed by atoms with Gasteiger partial charge in [-0.3, -0.25) is 0 Å². The first kappa shape index (κ1) is 7.92. The van der Waals surface area contributed by atoms with Gasteiger partial charge in [-0.2, -0.15) is 0 Å². The standard InChI is InChI=1S/C9H10FN/c1-6-3-8(10)4-7(2)9(6)5-11/h3-5,11H,1-2H3. The van der Waals surface area contributed by atoms with Crippen molar-refractivity contribution in [3.63, 3.8) is 0 Å². The third-order valence-corrected chi connectivity index (χ3v) is 1.70. The number of halogens is 1. The zero-order valence-electron chi connectivity index (χ0n) is 6.61. The summed E-state index contributed by atoms with van der Waals surface area (Å²) in [6.07, 6.45) is 1.25. The van der Waals surface area contributed by atoms with Crippen LogP contribution in [0.4, 0.5) is 4.39 Å². The van der Waals surface area contributed by atoms with E-state index in [2.05, 4.69) is 0 Å². The zero-order valence-corrected chi connectivity index (χ0v) is 6.61. The minimum absolute atomic E-state index is 0.231. The maximum absolute atomic E-state index is 12.7. The molecule has 0 aliphatic carbocycles. The van der Waals surface area contributed by atoms with Crippen molar-refractivity contribution < 1.29 is 4.39 Å². The van der Waals surface area contributed by atoms with Crippen molar-refractivity contribution >= 4 is 6.21 Å². The van der Waals surface area contributed by atoms with Gasteiger partial charge in [0.2, 0.25) is 0 Å². The van der Waals surface area contributed by atoms with E-state index in [1.807, 2.05) is 0 Å². The normalized spacial score (nSPS) is 9.73. The molecule has 0 aliphatic heterocycles. The largest absolute Gasteiger partial charge is 0.308 e. The van der Waals surface area contributed by atoms with Crippen molar-refractivity contribution in [2.75, 3.05) is 0 Å². The lowest BCUT2D eigenvalue weighted by Crippen LogP contribution is -1.92. The van der Waals surface area contributed by atoms with Gasteiger partial charge in [-0.15, -0.1) is 0 Å². The van der Waals surface area contributed by atoms with Crippen LogP contribution in [0, 0.1) is 25.1 Å². The van der Waals surface area contributed by atoms with E-state index < -0.39 is 0 Å². The number of nitrogens with one attached hydrogen (secondary N) is 1. The summed E-state index contributed by atoms with van der Waals surface area (Å²) >= 11 is 0. The zero-order chi connectivity index (χ0) is 8.43. The van der Waals surface area contributed by atoms with E-state index in [0.717, 1.165) is 16.7 Å². The van der Waals surface area contributed by atoms with Crippen molar-refractivity contribution in [3.05, 3.63) is 34.6 Å². The molecule has 0 heterocycles. The van der Waals surface area contributed by atoms with Crippen LogP contribution in [0.2, 0.25) is 0 Å². The molecule has 11 heavy (non-hydrogen) atoms. The van der Waals surface area contributed by atoms with Gasteiger partial charge in [0.05, 0.1) is 0 Å². The summed E-state index contributed by atoms with van der Waals surface area (Å²) in [7, 11) is 0. The van der Waals surface area contributed by atoms with Gasteiger partial charge in [0.1, 0.15) is 5.82 Å². The van der Waals surface area contributed by atoms with E-state index >= 15 is 0 Å². The Morgan fingerprint density at radius 3 is 2.09 bits per heavy atom. The van der Waals surface area contributed by atoms with Crippen LogP contribution >= 0.6 is 0 Å². The minimum Gasteiger partial charge on any atom is -0.308 e. The minimum atomic E-state index is -0.231. The van der Waals surface area contributed by atoms with Crippen LogP contribution in [0.15, 0.2) is 12.1 Å². The quantitative estimate of drug-likeness (QED) is 0.596. The summed E-state index contributed by atoms with van der Waals surface area (Å²) in [4.78, 5) is 0. The maximum atomic E-state index is 12.7. The molecule has 0 aromatic heterocycles. The number of benzene rings is 1. The molecule has 0 atom stereocenters. The predicted octanol–water partition coefficient (Wildman–Crippen LogP) is 2.44. The molecular formula is C9H10FN. The van der Waals surface area contributed by atoms with Crippen LogP contribution < -0.4 is 0 Å². The Balaban J connectivity index is 3.36. The third-order valence-electron chi connectivity index (χ3n) is 1.70. The molecule has 0 saturated heterocycles. The molecule has 0 radical (unpaired) electrons. The molecule has 2 heteroatoms. The molecule has 1 N–H and O–H groups in total. The molecular weight excluding hydrogens is 141 g/mol. The Kier molecular flexibility index (Phi) is 2.03. The first-order valence-electron chi connectivity index (χ1n) is 3.42. The van der Waals surface area contributed by atoms with Gasteiger partial charge in [0.15, 0.2) is 0 Å². The summed E-state index contributed by atoms with van der Waals surface area (Å²) in [5.41, 5.74) is 2.45. The molecule has 58 valence electrons. The lowest BCUT2D eigenvalue weighted by atomic mass is 10.0. The Bertz CT molecular complexity index is 269. The fourth-order valence-corrected chi connectivity index (χ4v) is 1.15. The molecule has 1 rings (SSSR count). The highest BCUT2D eigenvalue weighted by Gasteiger charge is 2.00.